The number of pyridine rings is 1. The first-order valence-electron chi connectivity index (χ1n) is 10.7. The van der Waals surface area contributed by atoms with Crippen molar-refractivity contribution in [2.75, 3.05) is 6.54 Å². The van der Waals surface area contributed by atoms with E-state index in [1.165, 1.54) is 18.3 Å². The lowest BCUT2D eigenvalue weighted by Crippen LogP contribution is -2.48. The average molecular weight is 571 g/mol. The Morgan fingerprint density at radius 3 is 2.19 bits per heavy atom. The molecule has 4 rings (SSSR count). The molecular weight excluding hydrogens is 554 g/mol. The number of hydrogen-bond acceptors (Lipinski definition) is 5. The third-order valence-corrected chi connectivity index (χ3v) is 9.00. The molecule has 1 amide bonds. The van der Waals surface area contributed by atoms with Crippen molar-refractivity contribution in [1.29, 1.82) is 0 Å². The zero-order valence-electron chi connectivity index (χ0n) is 18.5. The number of carbonyl (C=O) groups excluding carboxylic acids is 1. The van der Waals surface area contributed by atoms with Crippen molar-refractivity contribution >= 4 is 33.3 Å². The van der Waals surface area contributed by atoms with Crippen molar-refractivity contribution < 1.29 is 49.5 Å². The van der Waals surface area contributed by atoms with E-state index in [-0.39, 0.29) is 16.3 Å². The van der Waals surface area contributed by atoms with Gasteiger partial charge in [-0.3, -0.25) is 4.79 Å². The molecule has 0 radical (unpaired) electrons. The molecule has 2 aliphatic rings. The quantitative estimate of drug-likeness (QED) is 0.416. The van der Waals surface area contributed by atoms with Gasteiger partial charge in [0.25, 0.3) is 0 Å². The summed E-state index contributed by atoms with van der Waals surface area (Å²) < 4.78 is 109. The summed E-state index contributed by atoms with van der Waals surface area (Å²) >= 11 is 5.78. The van der Waals surface area contributed by atoms with Gasteiger partial charge in [-0.05, 0) is 54.7 Å². The maximum absolute atomic E-state index is 14.0. The Bertz CT molecular complexity index is 1370. The summed E-state index contributed by atoms with van der Waals surface area (Å²) in [5, 5.41) is 7.58. The standard InChI is InChI=1S/C22H17ClF6N2O5S/c23-17-8-12(3-6-30-17)11-1-2-16(14(7-11)21(24,25)26)37(35,36)13-9-15(18(32)33)31(10-13)19(34)20(4-5-20)22(27,28)29/h1-3,6-8,13,15H,4-5,9-10H2,(H,32,33)/t13-,15+/m1/s1. The van der Waals surface area contributed by atoms with Gasteiger partial charge < -0.3 is 10.0 Å². The summed E-state index contributed by atoms with van der Waals surface area (Å²) in [5.74, 6) is -3.35. The first kappa shape index (κ1) is 27.2. The summed E-state index contributed by atoms with van der Waals surface area (Å²) in [4.78, 5) is 27.3. The van der Waals surface area contributed by atoms with Crippen LogP contribution in [0.15, 0.2) is 41.4 Å². The van der Waals surface area contributed by atoms with Crippen molar-refractivity contribution in [3.63, 3.8) is 0 Å². The summed E-state index contributed by atoms with van der Waals surface area (Å²) in [7, 11) is -4.95. The minimum absolute atomic E-state index is 0.0227. The summed E-state index contributed by atoms with van der Waals surface area (Å²) in [5.41, 5.74) is -4.20. The number of carboxylic acid groups (broad SMARTS) is 1. The topological polar surface area (TPSA) is 105 Å². The zero-order chi connectivity index (χ0) is 27.6. The van der Waals surface area contributed by atoms with E-state index < -0.39 is 87.0 Å². The third kappa shape index (κ3) is 4.76. The highest BCUT2D eigenvalue weighted by Crippen LogP contribution is 2.59. The van der Waals surface area contributed by atoms with Crippen LogP contribution in [-0.2, 0) is 25.6 Å². The Hall–Kier alpha value is -2.87. The molecule has 1 aliphatic carbocycles. The average Bonchev–Trinajstić information content (AvgIpc) is 3.49. The number of carbonyl (C=O) groups is 2. The highest BCUT2D eigenvalue weighted by Gasteiger charge is 2.70. The van der Waals surface area contributed by atoms with E-state index in [9.17, 15) is 49.5 Å². The first-order valence-corrected chi connectivity index (χ1v) is 12.6. The van der Waals surface area contributed by atoms with Crippen LogP contribution in [0.1, 0.15) is 24.8 Å². The number of likely N-dealkylation sites (tertiary alicyclic amines) is 1. The number of sulfone groups is 1. The van der Waals surface area contributed by atoms with Crippen LogP contribution >= 0.6 is 11.6 Å². The Balaban J connectivity index is 1.73. The molecule has 1 aromatic carbocycles. The molecule has 7 nitrogen and oxygen atoms in total. The van der Waals surface area contributed by atoms with Crippen LogP contribution in [-0.4, -0.2) is 59.3 Å². The molecule has 2 atom stereocenters. The molecule has 2 fully saturated rings. The van der Waals surface area contributed by atoms with Crippen molar-refractivity contribution in [3.8, 4) is 11.1 Å². The van der Waals surface area contributed by atoms with Gasteiger partial charge in [0.05, 0.1) is 15.7 Å². The summed E-state index contributed by atoms with van der Waals surface area (Å²) in [6.45, 7) is -0.991. The lowest BCUT2D eigenvalue weighted by atomic mass is 10.0. The largest absolute Gasteiger partial charge is 0.480 e. The van der Waals surface area contributed by atoms with E-state index in [0.717, 1.165) is 6.07 Å². The number of amides is 1. The number of benzene rings is 1. The molecule has 0 unspecified atom stereocenters. The third-order valence-electron chi connectivity index (χ3n) is 6.60. The van der Waals surface area contributed by atoms with Gasteiger partial charge in [0.2, 0.25) is 5.91 Å². The van der Waals surface area contributed by atoms with Crippen LogP contribution in [0.4, 0.5) is 26.3 Å². The number of aromatic nitrogens is 1. The molecule has 0 bridgehead atoms. The van der Waals surface area contributed by atoms with Gasteiger partial charge in [-0.15, -0.1) is 0 Å². The SMILES string of the molecule is O=C(O)[C@@H]1C[C@@H](S(=O)(=O)c2ccc(-c3ccnc(Cl)c3)cc2C(F)(F)F)CN1C(=O)C1(C(F)(F)F)CC1. The highest BCUT2D eigenvalue weighted by atomic mass is 35.5. The van der Waals surface area contributed by atoms with Crippen molar-refractivity contribution in [2.45, 2.75) is 47.8 Å². The normalized spacial score (nSPS) is 21.6. The van der Waals surface area contributed by atoms with E-state index in [4.69, 9.17) is 11.6 Å². The lowest BCUT2D eigenvalue weighted by Gasteiger charge is -2.28. The molecule has 200 valence electrons. The maximum Gasteiger partial charge on any atom is 0.417 e. The molecule has 1 saturated carbocycles. The Labute approximate surface area is 211 Å². The molecular formula is C22H17ClF6N2O5S. The van der Waals surface area contributed by atoms with E-state index >= 15 is 0 Å². The van der Waals surface area contributed by atoms with Gasteiger partial charge >= 0.3 is 18.3 Å². The maximum atomic E-state index is 14.0. The molecule has 2 heterocycles. The van der Waals surface area contributed by atoms with Gasteiger partial charge in [-0.2, -0.15) is 26.3 Å². The number of rotatable bonds is 5. The lowest BCUT2D eigenvalue weighted by molar-refractivity contribution is -0.199. The number of halogens is 7. The van der Waals surface area contributed by atoms with E-state index in [0.29, 0.717) is 17.0 Å². The molecule has 1 saturated heterocycles. The number of carboxylic acids is 1. The number of alkyl halides is 6. The second-order valence-electron chi connectivity index (χ2n) is 8.87. The summed E-state index contributed by atoms with van der Waals surface area (Å²) in [6, 6.07) is 3.02. The van der Waals surface area contributed by atoms with Crippen LogP contribution in [0.2, 0.25) is 5.15 Å². The van der Waals surface area contributed by atoms with Crippen molar-refractivity contribution in [2.24, 2.45) is 5.41 Å². The zero-order valence-corrected chi connectivity index (χ0v) is 20.0. The highest BCUT2D eigenvalue weighted by molar-refractivity contribution is 7.92. The van der Waals surface area contributed by atoms with Crippen LogP contribution in [0.25, 0.3) is 11.1 Å². The number of nitrogens with zero attached hydrogens (tertiary/aromatic N) is 2. The smallest absolute Gasteiger partial charge is 0.417 e. The number of aliphatic carboxylic acids is 1. The molecule has 15 heteroatoms. The molecule has 1 N–H and O–H groups in total. The molecule has 1 aromatic heterocycles. The van der Waals surface area contributed by atoms with Crippen LogP contribution in [0.3, 0.4) is 0 Å². The van der Waals surface area contributed by atoms with Gasteiger partial charge in [0, 0.05) is 12.7 Å². The fourth-order valence-electron chi connectivity index (χ4n) is 4.44. The first-order chi connectivity index (χ1) is 17.0. The van der Waals surface area contributed by atoms with Gasteiger partial charge in [0.1, 0.15) is 16.6 Å². The fourth-order valence-corrected chi connectivity index (χ4v) is 6.50. The van der Waals surface area contributed by atoms with E-state index in [1.54, 1.807) is 0 Å². The predicted molar refractivity (Wildman–Crippen MR) is 116 cm³/mol. The minimum atomic E-state index is -5.16. The predicted octanol–water partition coefficient (Wildman–Crippen LogP) is 4.59. The Morgan fingerprint density at radius 2 is 1.68 bits per heavy atom. The molecule has 37 heavy (non-hydrogen) atoms. The van der Waals surface area contributed by atoms with E-state index in [2.05, 4.69) is 4.98 Å². The van der Waals surface area contributed by atoms with Crippen LogP contribution in [0.5, 0.6) is 0 Å². The summed E-state index contributed by atoms with van der Waals surface area (Å²) in [6.07, 6.45) is -11.0. The van der Waals surface area contributed by atoms with Crippen LogP contribution < -0.4 is 0 Å². The van der Waals surface area contributed by atoms with Gasteiger partial charge in [-0.1, -0.05) is 17.7 Å². The van der Waals surface area contributed by atoms with Gasteiger partial charge in [0.15, 0.2) is 9.84 Å². The number of hydrogen-bond donors (Lipinski definition) is 1. The molecule has 1 aliphatic heterocycles. The molecule has 2 aromatic rings. The minimum Gasteiger partial charge on any atom is -0.480 e. The van der Waals surface area contributed by atoms with Crippen LogP contribution in [0, 0.1) is 5.41 Å². The Morgan fingerprint density at radius 1 is 1.05 bits per heavy atom. The van der Waals surface area contributed by atoms with Crippen molar-refractivity contribution in [1.82, 2.24) is 9.88 Å². The second-order valence-corrected chi connectivity index (χ2v) is 11.5. The van der Waals surface area contributed by atoms with Crippen molar-refractivity contribution in [3.05, 3.63) is 47.2 Å². The monoisotopic (exact) mass is 570 g/mol. The second kappa shape index (κ2) is 8.86. The van der Waals surface area contributed by atoms with Gasteiger partial charge in [-0.25, -0.2) is 18.2 Å². The van der Waals surface area contributed by atoms with E-state index in [1.807, 2.05) is 0 Å². The molecule has 0 spiro atoms. The Kier molecular flexibility index (Phi) is 6.51. The fraction of sp³-hybridized carbons (Fsp3) is 0.409.